The Morgan fingerprint density at radius 1 is 1.35 bits per heavy atom. The summed E-state index contributed by atoms with van der Waals surface area (Å²) < 4.78 is 5.11. The highest BCUT2D eigenvalue weighted by molar-refractivity contribution is 5.74. The summed E-state index contributed by atoms with van der Waals surface area (Å²) in [6.07, 6.45) is 1.46. The molecule has 1 aliphatic carbocycles. The fourth-order valence-corrected chi connectivity index (χ4v) is 1.84. The van der Waals surface area contributed by atoms with Crippen molar-refractivity contribution in [3.63, 3.8) is 0 Å². The molecule has 0 spiro atoms. The second-order valence-corrected chi connectivity index (χ2v) is 4.25. The molecule has 4 heteroatoms. The van der Waals surface area contributed by atoms with E-state index in [1.54, 1.807) is 12.1 Å². The molecule has 2 N–H and O–H groups in total. The van der Waals surface area contributed by atoms with Crippen molar-refractivity contribution in [1.29, 1.82) is 0 Å². The van der Waals surface area contributed by atoms with E-state index >= 15 is 0 Å². The Morgan fingerprint density at radius 3 is 2.47 bits per heavy atom. The van der Waals surface area contributed by atoms with Crippen LogP contribution >= 0.6 is 0 Å². The average Bonchev–Trinajstić information content (AvgIpc) is 3.14. The van der Waals surface area contributed by atoms with Gasteiger partial charge >= 0.3 is 5.97 Å². The van der Waals surface area contributed by atoms with Crippen LogP contribution in [0, 0.1) is 0 Å². The van der Waals surface area contributed by atoms with E-state index in [9.17, 15) is 4.79 Å². The van der Waals surface area contributed by atoms with Crippen LogP contribution in [0.2, 0.25) is 0 Å². The number of aliphatic carboxylic acids is 1. The molecule has 0 aromatic heterocycles. The van der Waals surface area contributed by atoms with Crippen LogP contribution in [-0.4, -0.2) is 29.4 Å². The van der Waals surface area contributed by atoms with Crippen molar-refractivity contribution in [3.05, 3.63) is 35.4 Å². The molecule has 17 heavy (non-hydrogen) atoms. The second kappa shape index (κ2) is 5.29. The van der Waals surface area contributed by atoms with Gasteiger partial charge < -0.3 is 14.9 Å². The van der Waals surface area contributed by atoms with Gasteiger partial charge in [-0.25, -0.2) is 4.79 Å². The molecular weight excluding hydrogens is 220 g/mol. The third kappa shape index (κ3) is 3.05. The van der Waals surface area contributed by atoms with Crippen LogP contribution in [0.1, 0.15) is 36.0 Å². The number of benzene rings is 1. The molecule has 4 nitrogen and oxygen atoms in total. The summed E-state index contributed by atoms with van der Waals surface area (Å²) in [5, 5.41) is 17.7. The fourth-order valence-electron chi connectivity index (χ4n) is 1.84. The number of ether oxygens (including phenoxy) is 1. The average molecular weight is 236 g/mol. The van der Waals surface area contributed by atoms with Crippen molar-refractivity contribution >= 4 is 5.97 Å². The standard InChI is InChI=1S/C13H16O4/c14-7-8-17-12(13(15)16)11-5-3-10(4-6-11)9-1-2-9/h3-6,9,12,14H,1-2,7-8H2,(H,15,16). The Hall–Kier alpha value is -1.39. The van der Waals surface area contributed by atoms with Crippen LogP contribution < -0.4 is 0 Å². The number of aliphatic hydroxyl groups is 1. The van der Waals surface area contributed by atoms with Gasteiger partial charge in [0.25, 0.3) is 0 Å². The van der Waals surface area contributed by atoms with Gasteiger partial charge in [-0.05, 0) is 29.9 Å². The van der Waals surface area contributed by atoms with Gasteiger partial charge in [-0.3, -0.25) is 0 Å². The molecule has 1 aromatic carbocycles. The van der Waals surface area contributed by atoms with Crippen molar-refractivity contribution in [2.75, 3.05) is 13.2 Å². The van der Waals surface area contributed by atoms with Crippen molar-refractivity contribution in [3.8, 4) is 0 Å². The van der Waals surface area contributed by atoms with Gasteiger partial charge in [0.1, 0.15) is 0 Å². The first kappa shape index (κ1) is 12.1. The van der Waals surface area contributed by atoms with Gasteiger partial charge in [-0.15, -0.1) is 0 Å². The Kier molecular flexibility index (Phi) is 3.76. The first-order chi connectivity index (χ1) is 8.22. The maximum atomic E-state index is 11.0. The summed E-state index contributed by atoms with van der Waals surface area (Å²) in [4.78, 5) is 11.0. The van der Waals surface area contributed by atoms with E-state index in [4.69, 9.17) is 14.9 Å². The summed E-state index contributed by atoms with van der Waals surface area (Å²) in [5.74, 6) is -0.372. The van der Waals surface area contributed by atoms with Gasteiger partial charge in [-0.1, -0.05) is 24.3 Å². The lowest BCUT2D eigenvalue weighted by Crippen LogP contribution is -2.17. The molecule has 0 heterocycles. The molecule has 1 aliphatic rings. The van der Waals surface area contributed by atoms with E-state index in [0.717, 1.165) is 0 Å². The van der Waals surface area contributed by atoms with Crippen molar-refractivity contribution in [1.82, 2.24) is 0 Å². The molecule has 92 valence electrons. The van der Waals surface area contributed by atoms with Crippen LogP contribution in [0.3, 0.4) is 0 Å². The molecule has 0 bridgehead atoms. The predicted molar refractivity (Wildman–Crippen MR) is 61.8 cm³/mol. The Balaban J connectivity index is 2.08. The van der Waals surface area contributed by atoms with Crippen molar-refractivity contribution in [2.45, 2.75) is 24.9 Å². The Bertz CT molecular complexity index is 381. The molecule has 1 aromatic rings. The number of carboxylic acids is 1. The Labute approximate surface area is 99.8 Å². The molecule has 1 atom stereocenters. The van der Waals surface area contributed by atoms with Crippen molar-refractivity contribution in [2.24, 2.45) is 0 Å². The molecule has 0 aliphatic heterocycles. The van der Waals surface area contributed by atoms with E-state index < -0.39 is 12.1 Å². The lowest BCUT2D eigenvalue weighted by molar-refractivity contribution is -0.151. The highest BCUT2D eigenvalue weighted by atomic mass is 16.5. The lowest BCUT2D eigenvalue weighted by atomic mass is 10.0. The zero-order valence-corrected chi connectivity index (χ0v) is 9.50. The summed E-state index contributed by atoms with van der Waals surface area (Å²) in [6.45, 7) is -0.148. The minimum Gasteiger partial charge on any atom is -0.479 e. The van der Waals surface area contributed by atoms with Crippen LogP contribution in [0.25, 0.3) is 0 Å². The first-order valence-corrected chi connectivity index (χ1v) is 5.77. The maximum Gasteiger partial charge on any atom is 0.337 e. The van der Waals surface area contributed by atoms with Crippen molar-refractivity contribution < 1.29 is 19.7 Å². The zero-order chi connectivity index (χ0) is 12.3. The van der Waals surface area contributed by atoms with E-state index in [2.05, 4.69) is 0 Å². The number of aliphatic hydroxyl groups excluding tert-OH is 1. The Morgan fingerprint density at radius 2 is 2.00 bits per heavy atom. The number of carboxylic acid groups (broad SMARTS) is 1. The van der Waals surface area contributed by atoms with E-state index in [1.165, 1.54) is 18.4 Å². The molecule has 1 saturated carbocycles. The van der Waals surface area contributed by atoms with Crippen LogP contribution in [0.15, 0.2) is 24.3 Å². The highest BCUT2D eigenvalue weighted by Gasteiger charge is 2.25. The molecule has 0 radical (unpaired) electrons. The van der Waals surface area contributed by atoms with Gasteiger partial charge in [0, 0.05) is 0 Å². The maximum absolute atomic E-state index is 11.0. The fraction of sp³-hybridized carbons (Fsp3) is 0.462. The number of rotatable bonds is 6. The summed E-state index contributed by atoms with van der Waals surface area (Å²) in [6, 6.07) is 7.52. The van der Waals surface area contributed by atoms with Gasteiger partial charge in [0.2, 0.25) is 0 Å². The normalized spacial score (nSPS) is 16.8. The first-order valence-electron chi connectivity index (χ1n) is 5.77. The predicted octanol–water partition coefficient (Wildman–Crippen LogP) is 1.70. The molecule has 0 amide bonds. The van der Waals surface area contributed by atoms with Crippen LogP contribution in [-0.2, 0) is 9.53 Å². The third-order valence-electron chi connectivity index (χ3n) is 2.89. The van der Waals surface area contributed by atoms with Gasteiger partial charge in [0.15, 0.2) is 6.10 Å². The number of carbonyl (C=O) groups is 1. The third-order valence-corrected chi connectivity index (χ3v) is 2.89. The smallest absolute Gasteiger partial charge is 0.337 e. The lowest BCUT2D eigenvalue weighted by Gasteiger charge is -2.13. The monoisotopic (exact) mass is 236 g/mol. The van der Waals surface area contributed by atoms with E-state index in [1.807, 2.05) is 12.1 Å². The van der Waals surface area contributed by atoms with Gasteiger partial charge in [0.05, 0.1) is 13.2 Å². The molecule has 1 unspecified atom stereocenters. The van der Waals surface area contributed by atoms with Gasteiger partial charge in [-0.2, -0.15) is 0 Å². The highest BCUT2D eigenvalue weighted by Crippen LogP contribution is 2.40. The minimum absolute atomic E-state index is 0.0291. The largest absolute Gasteiger partial charge is 0.479 e. The molecule has 1 fully saturated rings. The van der Waals surface area contributed by atoms with Crippen LogP contribution in [0.5, 0.6) is 0 Å². The topological polar surface area (TPSA) is 66.8 Å². The second-order valence-electron chi connectivity index (χ2n) is 4.25. The SMILES string of the molecule is O=C(O)C(OCCO)c1ccc(C2CC2)cc1. The molecular formula is C13H16O4. The molecule has 2 rings (SSSR count). The zero-order valence-electron chi connectivity index (χ0n) is 9.50. The van der Waals surface area contributed by atoms with E-state index in [0.29, 0.717) is 11.5 Å². The van der Waals surface area contributed by atoms with Crippen LogP contribution in [0.4, 0.5) is 0 Å². The van der Waals surface area contributed by atoms with E-state index in [-0.39, 0.29) is 13.2 Å². The summed E-state index contributed by atoms with van der Waals surface area (Å²) in [7, 11) is 0. The summed E-state index contributed by atoms with van der Waals surface area (Å²) >= 11 is 0. The molecule has 0 saturated heterocycles. The number of hydrogen-bond donors (Lipinski definition) is 2. The number of hydrogen-bond acceptors (Lipinski definition) is 3. The quantitative estimate of drug-likeness (QED) is 0.789. The minimum atomic E-state index is -1.03. The summed E-state index contributed by atoms with van der Waals surface area (Å²) in [5.41, 5.74) is 1.88.